The molecule has 4 heteroatoms. The lowest BCUT2D eigenvalue weighted by Gasteiger charge is -2.13. The predicted octanol–water partition coefficient (Wildman–Crippen LogP) is 3.52. The third-order valence-electron chi connectivity index (χ3n) is 3.13. The average Bonchev–Trinajstić information content (AvgIpc) is 2.63. The highest BCUT2D eigenvalue weighted by atomic mass is 35.5. The molecule has 0 saturated carbocycles. The van der Waals surface area contributed by atoms with E-state index in [1.807, 2.05) is 11.6 Å². The number of nitrogens with zero attached hydrogens (tertiary/aromatic N) is 2. The summed E-state index contributed by atoms with van der Waals surface area (Å²) in [6.07, 6.45) is 8.23. The first kappa shape index (κ1) is 14.5. The van der Waals surface area contributed by atoms with Crippen molar-refractivity contribution in [2.75, 3.05) is 0 Å². The lowest BCUT2D eigenvalue weighted by Crippen LogP contribution is -2.26. The normalized spacial score (nSPS) is 12.9. The second-order valence-electron chi connectivity index (χ2n) is 4.69. The number of nitrogens with one attached hydrogen (secondary N) is 1. The molecule has 0 fully saturated rings. The molecule has 3 nitrogen and oxygen atoms in total. The molecule has 1 atom stereocenters. The van der Waals surface area contributed by atoms with Crippen LogP contribution in [0.15, 0.2) is 6.20 Å². The van der Waals surface area contributed by atoms with Crippen molar-refractivity contribution in [3.05, 3.63) is 17.2 Å². The van der Waals surface area contributed by atoms with Crippen LogP contribution in [-0.2, 0) is 13.6 Å². The number of hydrogen-bond donors (Lipinski definition) is 1. The van der Waals surface area contributed by atoms with E-state index in [1.54, 1.807) is 6.20 Å². The first-order chi connectivity index (χ1) is 8.15. The molecule has 0 saturated heterocycles. The summed E-state index contributed by atoms with van der Waals surface area (Å²) in [6, 6.07) is 0.544. The quantitative estimate of drug-likeness (QED) is 0.722. The number of imidazole rings is 1. The molecule has 0 aliphatic heterocycles. The lowest BCUT2D eigenvalue weighted by atomic mass is 10.1. The van der Waals surface area contributed by atoms with Crippen LogP contribution in [0.4, 0.5) is 0 Å². The Bertz CT molecular complexity index is 322. The van der Waals surface area contributed by atoms with Crippen LogP contribution in [0, 0.1) is 0 Å². The fraction of sp³-hybridized carbons (Fsp3) is 0.769. The SMILES string of the molecule is CCCCCCC(C)NCc1ncc(Cl)n1C. The van der Waals surface area contributed by atoms with Crippen LogP contribution in [0.25, 0.3) is 0 Å². The van der Waals surface area contributed by atoms with Gasteiger partial charge < -0.3 is 9.88 Å². The Hall–Kier alpha value is -0.540. The molecule has 0 bridgehead atoms. The maximum atomic E-state index is 5.94. The summed E-state index contributed by atoms with van der Waals surface area (Å²) in [5, 5.41) is 4.18. The summed E-state index contributed by atoms with van der Waals surface area (Å²) in [4.78, 5) is 4.27. The Kier molecular flexibility index (Phi) is 6.60. The van der Waals surface area contributed by atoms with Gasteiger partial charge in [0.15, 0.2) is 0 Å². The van der Waals surface area contributed by atoms with Gasteiger partial charge in [-0.2, -0.15) is 0 Å². The molecule has 0 radical (unpaired) electrons. The van der Waals surface area contributed by atoms with Crippen LogP contribution in [0.5, 0.6) is 0 Å². The van der Waals surface area contributed by atoms with Crippen molar-refractivity contribution in [2.24, 2.45) is 7.05 Å². The fourth-order valence-corrected chi connectivity index (χ4v) is 1.98. The molecule has 1 unspecified atom stereocenters. The van der Waals surface area contributed by atoms with Crippen LogP contribution < -0.4 is 5.32 Å². The van der Waals surface area contributed by atoms with E-state index in [4.69, 9.17) is 11.6 Å². The second kappa shape index (κ2) is 7.72. The van der Waals surface area contributed by atoms with Crippen molar-refractivity contribution in [1.82, 2.24) is 14.9 Å². The zero-order valence-corrected chi connectivity index (χ0v) is 11.9. The minimum atomic E-state index is 0.544. The van der Waals surface area contributed by atoms with Crippen LogP contribution in [0.1, 0.15) is 51.8 Å². The van der Waals surface area contributed by atoms with Gasteiger partial charge >= 0.3 is 0 Å². The van der Waals surface area contributed by atoms with E-state index in [-0.39, 0.29) is 0 Å². The molecule has 1 aromatic rings. The number of halogens is 1. The molecule has 0 spiro atoms. The minimum Gasteiger partial charge on any atom is -0.321 e. The van der Waals surface area contributed by atoms with Gasteiger partial charge in [-0.15, -0.1) is 0 Å². The molecule has 98 valence electrons. The summed E-state index contributed by atoms with van der Waals surface area (Å²) >= 11 is 5.94. The zero-order valence-electron chi connectivity index (χ0n) is 11.2. The predicted molar refractivity (Wildman–Crippen MR) is 73.3 cm³/mol. The Labute approximate surface area is 110 Å². The van der Waals surface area contributed by atoms with Gasteiger partial charge in [-0.25, -0.2) is 4.98 Å². The van der Waals surface area contributed by atoms with E-state index in [9.17, 15) is 0 Å². The van der Waals surface area contributed by atoms with Gasteiger partial charge in [-0.3, -0.25) is 0 Å². The van der Waals surface area contributed by atoms with Crippen LogP contribution in [-0.4, -0.2) is 15.6 Å². The molecule has 1 heterocycles. The fourth-order valence-electron chi connectivity index (χ4n) is 1.83. The number of aromatic nitrogens is 2. The van der Waals surface area contributed by atoms with Gasteiger partial charge in [0.2, 0.25) is 0 Å². The van der Waals surface area contributed by atoms with Gasteiger partial charge in [0.25, 0.3) is 0 Å². The Morgan fingerprint density at radius 2 is 2.18 bits per heavy atom. The third-order valence-corrected chi connectivity index (χ3v) is 3.48. The Morgan fingerprint density at radius 1 is 1.41 bits per heavy atom. The van der Waals surface area contributed by atoms with E-state index in [0.717, 1.165) is 12.4 Å². The first-order valence-corrected chi connectivity index (χ1v) is 6.92. The molecule has 1 rings (SSSR count). The van der Waals surface area contributed by atoms with E-state index >= 15 is 0 Å². The van der Waals surface area contributed by atoms with Crippen LogP contribution >= 0.6 is 11.6 Å². The maximum Gasteiger partial charge on any atom is 0.128 e. The minimum absolute atomic E-state index is 0.544. The standard InChI is InChI=1S/C13H24ClN3/c1-4-5-6-7-8-11(2)15-10-13-16-9-12(14)17(13)3/h9,11,15H,4-8,10H2,1-3H3. The summed E-state index contributed by atoms with van der Waals surface area (Å²) in [7, 11) is 1.94. The van der Waals surface area contributed by atoms with Gasteiger partial charge in [0.1, 0.15) is 11.0 Å². The highest BCUT2D eigenvalue weighted by Crippen LogP contribution is 2.10. The van der Waals surface area contributed by atoms with E-state index in [0.29, 0.717) is 11.2 Å². The lowest BCUT2D eigenvalue weighted by molar-refractivity contribution is 0.472. The highest BCUT2D eigenvalue weighted by Gasteiger charge is 2.06. The molecule has 17 heavy (non-hydrogen) atoms. The van der Waals surface area contributed by atoms with Crippen LogP contribution in [0.2, 0.25) is 5.15 Å². The number of hydrogen-bond acceptors (Lipinski definition) is 2. The summed E-state index contributed by atoms with van der Waals surface area (Å²) in [6.45, 7) is 5.27. The maximum absolute atomic E-state index is 5.94. The van der Waals surface area contributed by atoms with Crippen molar-refractivity contribution in [3.8, 4) is 0 Å². The molecule has 0 aliphatic carbocycles. The topological polar surface area (TPSA) is 29.9 Å². The zero-order chi connectivity index (χ0) is 12.7. The molecular formula is C13H24ClN3. The number of unbranched alkanes of at least 4 members (excludes halogenated alkanes) is 3. The van der Waals surface area contributed by atoms with Gasteiger partial charge in [-0.05, 0) is 13.3 Å². The first-order valence-electron chi connectivity index (χ1n) is 6.54. The van der Waals surface area contributed by atoms with Gasteiger partial charge in [0.05, 0.1) is 12.7 Å². The summed E-state index contributed by atoms with van der Waals surface area (Å²) in [5.74, 6) is 0.996. The summed E-state index contributed by atoms with van der Waals surface area (Å²) in [5.41, 5.74) is 0. The summed E-state index contributed by atoms with van der Waals surface area (Å²) < 4.78 is 1.92. The highest BCUT2D eigenvalue weighted by molar-refractivity contribution is 6.29. The van der Waals surface area contributed by atoms with Crippen molar-refractivity contribution in [1.29, 1.82) is 0 Å². The molecule has 1 aromatic heterocycles. The average molecular weight is 258 g/mol. The van der Waals surface area contributed by atoms with Crippen molar-refractivity contribution in [2.45, 2.75) is 58.5 Å². The second-order valence-corrected chi connectivity index (χ2v) is 5.07. The van der Waals surface area contributed by atoms with Crippen LogP contribution in [0.3, 0.4) is 0 Å². The van der Waals surface area contributed by atoms with E-state index in [1.165, 1.54) is 32.1 Å². The molecule has 1 N–H and O–H groups in total. The van der Waals surface area contributed by atoms with Gasteiger partial charge in [0, 0.05) is 13.1 Å². The van der Waals surface area contributed by atoms with E-state index < -0.39 is 0 Å². The monoisotopic (exact) mass is 257 g/mol. The van der Waals surface area contributed by atoms with Crippen molar-refractivity contribution >= 4 is 11.6 Å². The molecular weight excluding hydrogens is 234 g/mol. The van der Waals surface area contributed by atoms with Crippen molar-refractivity contribution < 1.29 is 0 Å². The largest absolute Gasteiger partial charge is 0.321 e. The van der Waals surface area contributed by atoms with Gasteiger partial charge in [-0.1, -0.05) is 44.2 Å². The van der Waals surface area contributed by atoms with Crippen molar-refractivity contribution in [3.63, 3.8) is 0 Å². The molecule has 0 amide bonds. The Morgan fingerprint density at radius 3 is 2.76 bits per heavy atom. The smallest absolute Gasteiger partial charge is 0.128 e. The van der Waals surface area contributed by atoms with E-state index in [2.05, 4.69) is 24.1 Å². The molecule has 0 aliphatic rings. The molecule has 0 aromatic carbocycles. The third kappa shape index (κ3) is 5.09. The Balaban J connectivity index is 2.19. The number of rotatable bonds is 8.